The van der Waals surface area contributed by atoms with E-state index in [0.29, 0.717) is 17.7 Å². The third-order valence-electron chi connectivity index (χ3n) is 4.53. The lowest BCUT2D eigenvalue weighted by Gasteiger charge is -2.21. The molecule has 0 unspecified atom stereocenters. The molecule has 0 saturated carbocycles. The third kappa shape index (κ3) is 5.56. The Hall–Kier alpha value is -3.14. The smallest absolute Gasteiger partial charge is 0.420 e. The van der Waals surface area contributed by atoms with Gasteiger partial charge in [0.1, 0.15) is 5.75 Å². The Kier molecular flexibility index (Phi) is 7.68. The number of pyridine rings is 1. The number of unbranched alkanes of at least 4 members (excludes halogenated alkanes) is 2. The van der Waals surface area contributed by atoms with Crippen molar-refractivity contribution in [3.63, 3.8) is 0 Å². The van der Waals surface area contributed by atoms with E-state index >= 15 is 0 Å². The van der Waals surface area contributed by atoms with E-state index in [1.54, 1.807) is 29.9 Å². The fourth-order valence-corrected chi connectivity index (χ4v) is 3.78. The molecular formula is C22H22F3N3O3S. The molecule has 0 aliphatic rings. The summed E-state index contributed by atoms with van der Waals surface area (Å²) in [4.78, 5) is 21.9. The predicted molar refractivity (Wildman–Crippen MR) is 116 cm³/mol. The summed E-state index contributed by atoms with van der Waals surface area (Å²) in [6, 6.07) is 7.00. The van der Waals surface area contributed by atoms with Crippen molar-refractivity contribution < 1.29 is 27.4 Å². The molecule has 3 rings (SSSR count). The summed E-state index contributed by atoms with van der Waals surface area (Å²) in [6.07, 6.45) is 0.134. The van der Waals surface area contributed by atoms with Crippen molar-refractivity contribution >= 4 is 28.2 Å². The van der Waals surface area contributed by atoms with E-state index in [-0.39, 0.29) is 23.2 Å². The molecule has 0 saturated heterocycles. The van der Waals surface area contributed by atoms with Crippen LogP contribution in [0.25, 0.3) is 11.3 Å². The lowest BCUT2D eigenvalue weighted by Crippen LogP contribution is -2.26. The third-order valence-corrected chi connectivity index (χ3v) is 5.36. The van der Waals surface area contributed by atoms with Gasteiger partial charge >= 0.3 is 12.3 Å². The van der Waals surface area contributed by atoms with Gasteiger partial charge in [-0.1, -0.05) is 19.8 Å². The molecule has 6 nitrogen and oxygen atoms in total. The molecule has 0 aliphatic carbocycles. The van der Waals surface area contributed by atoms with Crippen molar-refractivity contribution in [1.29, 1.82) is 0 Å². The van der Waals surface area contributed by atoms with Crippen LogP contribution in [0, 0.1) is 0 Å². The largest absolute Gasteiger partial charge is 0.493 e. The van der Waals surface area contributed by atoms with Crippen LogP contribution in [-0.2, 0) is 10.9 Å². The Balaban J connectivity index is 1.97. The van der Waals surface area contributed by atoms with Crippen LogP contribution in [0.4, 0.5) is 28.8 Å². The number of ether oxygens (including phenoxy) is 2. The normalized spacial score (nSPS) is 11.3. The van der Waals surface area contributed by atoms with Crippen LogP contribution in [0.15, 0.2) is 48.1 Å². The van der Waals surface area contributed by atoms with E-state index in [1.807, 2.05) is 6.92 Å². The average Bonchev–Trinajstić information content (AvgIpc) is 3.27. The number of carbonyl (C=O) groups excluding carboxylic acids is 1. The molecule has 0 spiro atoms. The molecule has 1 amide bonds. The van der Waals surface area contributed by atoms with E-state index in [1.165, 1.54) is 12.1 Å². The molecule has 1 aromatic carbocycles. The van der Waals surface area contributed by atoms with Crippen molar-refractivity contribution in [2.24, 2.45) is 0 Å². The van der Waals surface area contributed by atoms with Gasteiger partial charge in [0.2, 0.25) is 0 Å². The number of hydrogen-bond acceptors (Lipinski definition) is 6. The van der Waals surface area contributed by atoms with Crippen LogP contribution in [-0.4, -0.2) is 29.8 Å². The van der Waals surface area contributed by atoms with Gasteiger partial charge in [0, 0.05) is 23.3 Å². The minimum absolute atomic E-state index is 0.0304. The Morgan fingerprint density at radius 1 is 1.22 bits per heavy atom. The van der Waals surface area contributed by atoms with Crippen LogP contribution in [0.5, 0.6) is 5.75 Å². The van der Waals surface area contributed by atoms with E-state index in [4.69, 9.17) is 9.47 Å². The molecule has 0 aliphatic heterocycles. The molecule has 0 fully saturated rings. The molecule has 170 valence electrons. The number of amides is 1. The molecular weight excluding hydrogens is 443 g/mol. The van der Waals surface area contributed by atoms with Crippen LogP contribution < -0.4 is 9.64 Å². The molecule has 2 aromatic heterocycles. The maximum atomic E-state index is 13.7. The number of benzene rings is 1. The first-order valence-corrected chi connectivity index (χ1v) is 10.8. The minimum Gasteiger partial charge on any atom is -0.493 e. The van der Waals surface area contributed by atoms with E-state index in [9.17, 15) is 18.0 Å². The summed E-state index contributed by atoms with van der Waals surface area (Å²) in [7, 11) is 1.15. The molecule has 2 heterocycles. The molecule has 10 heteroatoms. The van der Waals surface area contributed by atoms with E-state index < -0.39 is 17.8 Å². The zero-order valence-electron chi connectivity index (χ0n) is 17.6. The number of methoxy groups -OCH3 is 1. The predicted octanol–water partition coefficient (Wildman–Crippen LogP) is 6.70. The minimum atomic E-state index is -4.67. The number of rotatable bonds is 8. The van der Waals surface area contributed by atoms with Crippen LogP contribution >= 0.6 is 11.3 Å². The highest BCUT2D eigenvalue weighted by Gasteiger charge is 2.36. The number of alkyl halides is 3. The number of hydrogen-bond donors (Lipinski definition) is 0. The lowest BCUT2D eigenvalue weighted by molar-refractivity contribution is -0.138. The highest BCUT2D eigenvalue weighted by atomic mass is 32.1. The molecule has 0 radical (unpaired) electrons. The summed E-state index contributed by atoms with van der Waals surface area (Å²) in [6.45, 7) is 2.17. The fourth-order valence-electron chi connectivity index (χ4n) is 2.94. The van der Waals surface area contributed by atoms with Gasteiger partial charge in [0.05, 0.1) is 30.7 Å². The molecule has 3 aromatic rings. The maximum Gasteiger partial charge on any atom is 0.420 e. The van der Waals surface area contributed by atoms with Crippen LogP contribution in [0.1, 0.15) is 31.7 Å². The summed E-state index contributed by atoms with van der Waals surface area (Å²) in [5.74, 6) is -0.280. The first kappa shape index (κ1) is 23.5. The number of halogens is 3. The molecule has 0 N–H and O–H groups in total. The Labute approximate surface area is 187 Å². The molecule has 0 atom stereocenters. The van der Waals surface area contributed by atoms with Crippen molar-refractivity contribution in [3.05, 3.63) is 53.7 Å². The second kappa shape index (κ2) is 10.4. The number of carbonyl (C=O) groups is 1. The summed E-state index contributed by atoms with van der Waals surface area (Å²) >= 11 is 1.10. The van der Waals surface area contributed by atoms with Crippen molar-refractivity contribution in [1.82, 2.24) is 9.97 Å². The second-order valence-electron chi connectivity index (χ2n) is 6.80. The quantitative estimate of drug-likeness (QED) is 0.347. The second-order valence-corrected chi connectivity index (χ2v) is 7.63. The standard InChI is InChI=1S/C22H22F3N3O3S/c1-3-4-5-11-31-19-9-8-16(12-17(19)22(23,24)25)28(21(29)30-2)20-27-18(14-32-20)15-7-6-10-26-13-15/h6-10,12-14H,3-5,11H2,1-2H3. The van der Waals surface area contributed by atoms with Gasteiger partial charge in [-0.05, 0) is 36.8 Å². The van der Waals surface area contributed by atoms with Crippen molar-refractivity contribution in [2.45, 2.75) is 32.4 Å². The summed E-state index contributed by atoms with van der Waals surface area (Å²) in [5, 5.41) is 1.86. The summed E-state index contributed by atoms with van der Waals surface area (Å²) < 4.78 is 51.4. The summed E-state index contributed by atoms with van der Waals surface area (Å²) in [5.41, 5.74) is 0.257. The van der Waals surface area contributed by atoms with Gasteiger partial charge in [-0.2, -0.15) is 13.2 Å². The van der Waals surface area contributed by atoms with Gasteiger partial charge in [-0.25, -0.2) is 14.7 Å². The zero-order valence-corrected chi connectivity index (χ0v) is 18.4. The Morgan fingerprint density at radius 3 is 2.69 bits per heavy atom. The fraction of sp³-hybridized carbons (Fsp3) is 0.318. The Bertz CT molecular complexity index is 1040. The molecule has 32 heavy (non-hydrogen) atoms. The molecule has 0 bridgehead atoms. The van der Waals surface area contributed by atoms with Gasteiger partial charge in [-0.15, -0.1) is 11.3 Å². The van der Waals surface area contributed by atoms with Crippen molar-refractivity contribution in [3.8, 4) is 17.0 Å². The first-order chi connectivity index (χ1) is 15.3. The number of aromatic nitrogens is 2. The monoisotopic (exact) mass is 465 g/mol. The van der Waals surface area contributed by atoms with Gasteiger partial charge in [0.15, 0.2) is 5.13 Å². The zero-order chi connectivity index (χ0) is 23.1. The van der Waals surface area contributed by atoms with Gasteiger partial charge < -0.3 is 9.47 Å². The SMILES string of the molecule is CCCCCOc1ccc(N(C(=O)OC)c2nc(-c3cccnc3)cs2)cc1C(F)(F)F. The maximum absolute atomic E-state index is 13.7. The highest BCUT2D eigenvalue weighted by Crippen LogP contribution is 2.41. The lowest BCUT2D eigenvalue weighted by atomic mass is 10.1. The van der Waals surface area contributed by atoms with Crippen LogP contribution in [0.3, 0.4) is 0 Å². The average molecular weight is 465 g/mol. The number of anilines is 2. The van der Waals surface area contributed by atoms with Gasteiger partial charge in [0.25, 0.3) is 0 Å². The van der Waals surface area contributed by atoms with Crippen molar-refractivity contribution in [2.75, 3.05) is 18.6 Å². The highest BCUT2D eigenvalue weighted by molar-refractivity contribution is 7.14. The number of nitrogens with zero attached hydrogens (tertiary/aromatic N) is 3. The van der Waals surface area contributed by atoms with E-state index in [0.717, 1.165) is 42.3 Å². The topological polar surface area (TPSA) is 64.5 Å². The first-order valence-electron chi connectivity index (χ1n) is 9.93. The number of thiazole rings is 1. The van der Waals surface area contributed by atoms with Crippen LogP contribution in [0.2, 0.25) is 0 Å². The Morgan fingerprint density at radius 2 is 2.03 bits per heavy atom. The van der Waals surface area contributed by atoms with Gasteiger partial charge in [-0.3, -0.25) is 4.98 Å². The van der Waals surface area contributed by atoms with E-state index in [2.05, 4.69) is 9.97 Å².